The number of carbonyl (C=O) groups excluding carboxylic acids is 2. The van der Waals surface area contributed by atoms with Gasteiger partial charge < -0.3 is 41.0 Å². The second kappa shape index (κ2) is 19.6. The highest BCUT2D eigenvalue weighted by Gasteiger charge is 2.32. The normalized spacial score (nSPS) is 18.6. The fourth-order valence-electron chi connectivity index (χ4n) is 8.22. The van der Waals surface area contributed by atoms with E-state index in [0.29, 0.717) is 75.8 Å². The largest absolute Gasteiger partial charge is 0.387 e. The van der Waals surface area contributed by atoms with Gasteiger partial charge in [-0.15, -0.1) is 0 Å². The molecule has 2 aliphatic rings. The number of hydrogen-bond acceptors (Lipinski definition) is 14. The Hall–Kier alpha value is -7.10. The van der Waals surface area contributed by atoms with E-state index in [-0.39, 0.29) is 36.3 Å². The average molecular weight is 931 g/mol. The second-order valence-electron chi connectivity index (χ2n) is 18.3. The zero-order chi connectivity index (χ0) is 48.3. The number of pyridine rings is 4. The standard InChI is InChI=1S/C48H52F2N12O6/c1-47(2,65)39(49)22-57-45(63)34-20-53-41(61-8-7-29-10-27(16-51)18-55-43(29)61)14-36(34)60-33-12-31(24-68-26-33)38-13-30-11-28(17-52)19-56-44(30)62(38)42-15-37(59-32-6-5-9-67-25-32)35(21-54-42)46(64)58-23-40(50)48(3,4)66/h7-8,10-11,13-15,18-21,31-33,39-40,65-66H,5-6,9,12,22-26H2,1-4H3,(H,53,60)(H,54,59)(H,57,63)(H,58,64). The van der Waals surface area contributed by atoms with Crippen molar-refractivity contribution in [1.29, 1.82) is 10.5 Å². The number of amides is 2. The molecule has 0 saturated carbocycles. The summed E-state index contributed by atoms with van der Waals surface area (Å²) in [6.07, 6.45) is 5.99. The van der Waals surface area contributed by atoms with Gasteiger partial charge in [-0.05, 0) is 71.2 Å². The van der Waals surface area contributed by atoms with E-state index < -0.39 is 54.5 Å². The number of aliphatic hydroxyl groups is 2. The molecule has 2 fully saturated rings. The molecule has 0 aliphatic carbocycles. The van der Waals surface area contributed by atoms with Crippen molar-refractivity contribution in [1.82, 2.24) is 39.7 Å². The van der Waals surface area contributed by atoms with E-state index >= 15 is 0 Å². The van der Waals surface area contributed by atoms with Gasteiger partial charge in [0.1, 0.15) is 47.4 Å². The van der Waals surface area contributed by atoms with Crippen LogP contribution in [0.2, 0.25) is 0 Å². The molecule has 6 N–H and O–H groups in total. The lowest BCUT2D eigenvalue weighted by atomic mass is 9.94. The average Bonchev–Trinajstić information content (AvgIpc) is 3.93. The van der Waals surface area contributed by atoms with Crippen molar-refractivity contribution in [3.8, 4) is 23.8 Å². The predicted molar refractivity (Wildman–Crippen MR) is 247 cm³/mol. The first-order chi connectivity index (χ1) is 32.5. The summed E-state index contributed by atoms with van der Waals surface area (Å²) in [4.78, 5) is 45.9. The molecule has 354 valence electrons. The van der Waals surface area contributed by atoms with Crippen LogP contribution in [-0.4, -0.2) is 126 Å². The summed E-state index contributed by atoms with van der Waals surface area (Å²) in [5, 5.41) is 53.1. The first-order valence-electron chi connectivity index (χ1n) is 22.3. The number of fused-ring (bicyclic) bond motifs is 2. The lowest BCUT2D eigenvalue weighted by Crippen LogP contribution is -2.42. The van der Waals surface area contributed by atoms with Gasteiger partial charge in [0.15, 0.2) is 0 Å². The molecular weight excluding hydrogens is 879 g/mol. The molecule has 8 rings (SSSR count). The van der Waals surface area contributed by atoms with Crippen LogP contribution in [-0.2, 0) is 9.47 Å². The second-order valence-corrected chi connectivity index (χ2v) is 18.3. The number of anilines is 2. The minimum absolute atomic E-state index is 0.108. The zero-order valence-corrected chi connectivity index (χ0v) is 38.0. The lowest BCUT2D eigenvalue weighted by Gasteiger charge is -2.32. The first kappa shape index (κ1) is 47.4. The van der Waals surface area contributed by atoms with Crippen molar-refractivity contribution in [3.63, 3.8) is 0 Å². The van der Waals surface area contributed by atoms with Crippen LogP contribution in [0.4, 0.5) is 20.2 Å². The number of nitriles is 2. The Morgan fingerprint density at radius 3 is 1.94 bits per heavy atom. The highest BCUT2D eigenvalue weighted by Crippen LogP contribution is 2.35. The van der Waals surface area contributed by atoms with E-state index in [0.717, 1.165) is 18.5 Å². The van der Waals surface area contributed by atoms with Crippen LogP contribution in [0.15, 0.2) is 67.4 Å². The van der Waals surface area contributed by atoms with E-state index in [1.807, 2.05) is 10.6 Å². The van der Waals surface area contributed by atoms with Crippen LogP contribution in [0.5, 0.6) is 0 Å². The monoisotopic (exact) mass is 930 g/mol. The molecule has 2 saturated heterocycles. The van der Waals surface area contributed by atoms with Crippen molar-refractivity contribution < 1.29 is 38.1 Å². The predicted octanol–water partition coefficient (Wildman–Crippen LogP) is 5.15. The topological polar surface area (TPSA) is 250 Å². The summed E-state index contributed by atoms with van der Waals surface area (Å²) in [6.45, 7) is 5.92. The lowest BCUT2D eigenvalue weighted by molar-refractivity contribution is -0.00209. The molecule has 5 unspecified atom stereocenters. The van der Waals surface area contributed by atoms with Crippen molar-refractivity contribution in [2.24, 2.45) is 0 Å². The first-order valence-corrected chi connectivity index (χ1v) is 22.3. The van der Waals surface area contributed by atoms with Crippen molar-refractivity contribution in [2.45, 2.75) is 88.5 Å². The maximum Gasteiger partial charge on any atom is 0.255 e. The van der Waals surface area contributed by atoms with Gasteiger partial charge in [-0.25, -0.2) is 28.7 Å². The molecule has 0 radical (unpaired) electrons. The molecule has 6 aromatic heterocycles. The van der Waals surface area contributed by atoms with Gasteiger partial charge in [-0.3, -0.25) is 18.7 Å². The number of nitrogens with zero attached hydrogens (tertiary/aromatic N) is 8. The highest BCUT2D eigenvalue weighted by atomic mass is 19.1. The van der Waals surface area contributed by atoms with Gasteiger partial charge in [0, 0.05) is 78.1 Å². The number of rotatable bonds is 15. The van der Waals surface area contributed by atoms with Gasteiger partial charge in [-0.1, -0.05) is 0 Å². The smallest absolute Gasteiger partial charge is 0.255 e. The SMILES string of the molecule is CC(C)(O)C(F)CNC(=O)c1cnc(-n2c(C3COCC(Nc4cc(-n5ccc6cc(C#N)cnc65)ncc4C(=O)NCC(F)C(C)(C)O)C3)cc3cc(C#N)cnc32)cc1NC1CCCOC1. The Labute approximate surface area is 390 Å². The van der Waals surface area contributed by atoms with Crippen LogP contribution in [0.3, 0.4) is 0 Å². The zero-order valence-electron chi connectivity index (χ0n) is 38.0. The highest BCUT2D eigenvalue weighted by molar-refractivity contribution is 6.00. The van der Waals surface area contributed by atoms with Crippen LogP contribution in [0, 0.1) is 22.7 Å². The van der Waals surface area contributed by atoms with E-state index in [4.69, 9.17) is 14.5 Å². The molecule has 0 aromatic carbocycles. The van der Waals surface area contributed by atoms with Gasteiger partial charge in [0.2, 0.25) is 0 Å². The molecule has 0 spiro atoms. The molecule has 68 heavy (non-hydrogen) atoms. The number of aromatic nitrogens is 6. The van der Waals surface area contributed by atoms with Crippen LogP contribution in [0.25, 0.3) is 33.7 Å². The Kier molecular flexibility index (Phi) is 13.7. The summed E-state index contributed by atoms with van der Waals surface area (Å²) < 4.78 is 45.2. The molecule has 20 heteroatoms. The maximum absolute atomic E-state index is 14.9. The number of carbonyl (C=O) groups is 2. The molecule has 18 nitrogen and oxygen atoms in total. The summed E-state index contributed by atoms with van der Waals surface area (Å²) in [6, 6.07) is 14.2. The third kappa shape index (κ3) is 10.4. The summed E-state index contributed by atoms with van der Waals surface area (Å²) in [7, 11) is 0. The minimum Gasteiger partial charge on any atom is -0.387 e. The quantitative estimate of drug-likeness (QED) is 0.0780. The Balaban J connectivity index is 1.14. The van der Waals surface area contributed by atoms with Crippen LogP contribution in [0.1, 0.15) is 90.4 Å². The number of hydrogen-bond donors (Lipinski definition) is 6. The van der Waals surface area contributed by atoms with Crippen LogP contribution >= 0.6 is 0 Å². The summed E-state index contributed by atoms with van der Waals surface area (Å²) >= 11 is 0. The molecule has 6 aromatic rings. The summed E-state index contributed by atoms with van der Waals surface area (Å²) in [5.74, 6) is -0.765. The van der Waals surface area contributed by atoms with Crippen LogP contribution < -0.4 is 21.3 Å². The van der Waals surface area contributed by atoms with E-state index in [9.17, 15) is 39.1 Å². The van der Waals surface area contributed by atoms with Crippen molar-refractivity contribution in [2.75, 3.05) is 50.2 Å². The molecule has 0 bridgehead atoms. The van der Waals surface area contributed by atoms with Crippen molar-refractivity contribution >= 4 is 45.3 Å². The molecular formula is C48H52F2N12O6. The van der Waals surface area contributed by atoms with Crippen molar-refractivity contribution in [3.05, 3.63) is 95.3 Å². The number of nitrogens with one attached hydrogen (secondary N) is 4. The van der Waals surface area contributed by atoms with Gasteiger partial charge in [-0.2, -0.15) is 10.5 Å². The number of ether oxygens (including phenoxy) is 2. The fourth-order valence-corrected chi connectivity index (χ4v) is 8.22. The molecule has 8 heterocycles. The molecule has 2 aliphatic heterocycles. The van der Waals surface area contributed by atoms with Gasteiger partial charge in [0.25, 0.3) is 11.8 Å². The summed E-state index contributed by atoms with van der Waals surface area (Å²) in [5.41, 5.74) is 0.142. The van der Waals surface area contributed by atoms with Gasteiger partial charge >= 0.3 is 0 Å². The molecule has 5 atom stereocenters. The fraction of sp³-hybridized carbons (Fsp3) is 0.417. The maximum atomic E-state index is 14.9. The van der Waals surface area contributed by atoms with E-state index in [2.05, 4.69) is 48.4 Å². The Morgan fingerprint density at radius 1 is 0.765 bits per heavy atom. The number of alkyl halides is 2. The Bertz CT molecular complexity index is 2920. The Morgan fingerprint density at radius 2 is 1.34 bits per heavy atom. The third-order valence-corrected chi connectivity index (χ3v) is 12.1. The van der Waals surface area contributed by atoms with Gasteiger partial charge in [0.05, 0.1) is 83.8 Å². The van der Waals surface area contributed by atoms with E-state index in [1.165, 1.54) is 52.5 Å². The third-order valence-electron chi connectivity index (χ3n) is 12.1. The number of halogens is 2. The minimum atomic E-state index is -1.76. The van der Waals surface area contributed by atoms with E-state index in [1.54, 1.807) is 41.1 Å². The molecule has 2 amide bonds.